The Morgan fingerprint density at radius 3 is 3.17 bits per heavy atom. The van der Waals surface area contributed by atoms with Crippen LogP contribution in [0.3, 0.4) is 0 Å². The molecule has 1 aromatic heterocycles. The SMILES string of the molecule is CC1COc2ccccc2C1NCc1cncs1. The third kappa shape index (κ3) is 2.26. The zero-order valence-corrected chi connectivity index (χ0v) is 11.1. The molecular formula is C14H16N2OS. The number of rotatable bonds is 3. The van der Waals surface area contributed by atoms with Gasteiger partial charge in [0.2, 0.25) is 0 Å². The maximum absolute atomic E-state index is 5.75. The van der Waals surface area contributed by atoms with Gasteiger partial charge >= 0.3 is 0 Å². The van der Waals surface area contributed by atoms with Gasteiger partial charge in [0, 0.05) is 35.1 Å². The van der Waals surface area contributed by atoms with E-state index in [9.17, 15) is 0 Å². The van der Waals surface area contributed by atoms with Crippen LogP contribution >= 0.6 is 11.3 Å². The van der Waals surface area contributed by atoms with Crippen LogP contribution in [0.5, 0.6) is 5.75 Å². The quantitative estimate of drug-likeness (QED) is 0.921. The summed E-state index contributed by atoms with van der Waals surface area (Å²) < 4.78 is 5.75. The van der Waals surface area contributed by atoms with E-state index in [4.69, 9.17) is 4.74 Å². The number of hydrogen-bond donors (Lipinski definition) is 1. The molecule has 0 aliphatic carbocycles. The lowest BCUT2D eigenvalue weighted by Gasteiger charge is -2.32. The Morgan fingerprint density at radius 1 is 1.44 bits per heavy atom. The highest BCUT2D eigenvalue weighted by atomic mass is 32.1. The first-order valence-corrected chi connectivity index (χ1v) is 7.05. The second-order valence-electron chi connectivity index (χ2n) is 4.65. The Balaban J connectivity index is 1.78. The van der Waals surface area contributed by atoms with Gasteiger partial charge in [0.15, 0.2) is 0 Å². The molecule has 0 bridgehead atoms. The molecule has 94 valence electrons. The zero-order valence-electron chi connectivity index (χ0n) is 10.3. The van der Waals surface area contributed by atoms with Gasteiger partial charge in [-0.2, -0.15) is 0 Å². The monoisotopic (exact) mass is 260 g/mol. The number of nitrogens with zero attached hydrogens (tertiary/aromatic N) is 1. The van der Waals surface area contributed by atoms with Crippen molar-refractivity contribution in [3.05, 3.63) is 46.4 Å². The molecule has 2 atom stereocenters. The van der Waals surface area contributed by atoms with Crippen LogP contribution in [0.2, 0.25) is 0 Å². The predicted molar refractivity (Wildman–Crippen MR) is 72.8 cm³/mol. The second-order valence-corrected chi connectivity index (χ2v) is 5.62. The van der Waals surface area contributed by atoms with Crippen molar-refractivity contribution in [2.24, 2.45) is 5.92 Å². The summed E-state index contributed by atoms with van der Waals surface area (Å²) in [4.78, 5) is 5.37. The second kappa shape index (κ2) is 5.08. The van der Waals surface area contributed by atoms with E-state index in [1.807, 2.05) is 23.8 Å². The van der Waals surface area contributed by atoms with Crippen LogP contribution in [0.1, 0.15) is 23.4 Å². The van der Waals surface area contributed by atoms with Gasteiger partial charge in [-0.3, -0.25) is 4.98 Å². The lowest BCUT2D eigenvalue weighted by molar-refractivity contribution is 0.188. The molecule has 0 saturated heterocycles. The van der Waals surface area contributed by atoms with Crippen molar-refractivity contribution in [1.29, 1.82) is 0 Å². The molecule has 2 aromatic rings. The Labute approximate surface area is 111 Å². The molecule has 4 heteroatoms. The minimum atomic E-state index is 0.358. The summed E-state index contributed by atoms with van der Waals surface area (Å²) in [7, 11) is 0. The molecule has 3 rings (SSSR count). The normalized spacial score (nSPS) is 22.3. The number of para-hydroxylation sites is 1. The van der Waals surface area contributed by atoms with Gasteiger partial charge < -0.3 is 10.1 Å². The Hall–Kier alpha value is -1.39. The largest absolute Gasteiger partial charge is 0.493 e. The van der Waals surface area contributed by atoms with Crippen LogP contribution in [0.15, 0.2) is 36.0 Å². The van der Waals surface area contributed by atoms with E-state index in [0.29, 0.717) is 12.0 Å². The molecule has 2 heterocycles. The summed E-state index contributed by atoms with van der Waals surface area (Å²) in [6, 6.07) is 8.64. The number of nitrogens with one attached hydrogen (secondary N) is 1. The topological polar surface area (TPSA) is 34.1 Å². The number of thiazole rings is 1. The molecule has 1 aliphatic heterocycles. The van der Waals surface area contributed by atoms with Gasteiger partial charge in [0.1, 0.15) is 5.75 Å². The number of hydrogen-bond acceptors (Lipinski definition) is 4. The molecule has 1 aromatic carbocycles. The molecule has 1 aliphatic rings. The van der Waals surface area contributed by atoms with Crippen molar-refractivity contribution in [1.82, 2.24) is 10.3 Å². The molecule has 18 heavy (non-hydrogen) atoms. The molecule has 3 nitrogen and oxygen atoms in total. The van der Waals surface area contributed by atoms with Crippen LogP contribution in [0.4, 0.5) is 0 Å². The molecule has 0 amide bonds. The van der Waals surface area contributed by atoms with Crippen molar-refractivity contribution in [3.8, 4) is 5.75 Å². The van der Waals surface area contributed by atoms with Crippen LogP contribution in [0, 0.1) is 5.92 Å². The van der Waals surface area contributed by atoms with Crippen LogP contribution in [-0.4, -0.2) is 11.6 Å². The molecule has 0 saturated carbocycles. The first-order chi connectivity index (χ1) is 8.84. The first-order valence-electron chi connectivity index (χ1n) is 6.17. The van der Waals surface area contributed by atoms with E-state index in [0.717, 1.165) is 18.9 Å². The van der Waals surface area contributed by atoms with Crippen molar-refractivity contribution >= 4 is 11.3 Å². The fourth-order valence-corrected chi connectivity index (χ4v) is 2.89. The molecule has 0 spiro atoms. The highest BCUT2D eigenvalue weighted by Gasteiger charge is 2.27. The number of benzene rings is 1. The van der Waals surface area contributed by atoms with Crippen LogP contribution in [-0.2, 0) is 6.54 Å². The maximum Gasteiger partial charge on any atom is 0.124 e. The summed E-state index contributed by atoms with van der Waals surface area (Å²) in [6.45, 7) is 3.87. The fourth-order valence-electron chi connectivity index (χ4n) is 2.34. The number of aromatic nitrogens is 1. The highest BCUT2D eigenvalue weighted by molar-refractivity contribution is 7.09. The maximum atomic E-state index is 5.75. The van der Waals surface area contributed by atoms with Crippen LogP contribution < -0.4 is 10.1 Å². The van der Waals surface area contributed by atoms with E-state index in [1.165, 1.54) is 10.4 Å². The molecule has 0 radical (unpaired) electrons. The minimum Gasteiger partial charge on any atom is -0.493 e. The first kappa shape index (κ1) is 11.7. The summed E-state index contributed by atoms with van der Waals surface area (Å²) in [5, 5.41) is 3.62. The predicted octanol–water partition coefficient (Wildman–Crippen LogP) is 3.00. The lowest BCUT2D eigenvalue weighted by atomic mass is 9.92. The average molecular weight is 260 g/mol. The standard InChI is InChI=1S/C14H16N2OS/c1-10-8-17-13-5-3-2-4-12(13)14(10)16-7-11-6-15-9-18-11/h2-6,9-10,14,16H,7-8H2,1H3. The zero-order chi connectivity index (χ0) is 12.4. The van der Waals surface area contributed by atoms with Gasteiger partial charge in [0.25, 0.3) is 0 Å². The summed E-state index contributed by atoms with van der Waals surface area (Å²) >= 11 is 1.69. The van der Waals surface area contributed by atoms with E-state index < -0.39 is 0 Å². The number of ether oxygens (including phenoxy) is 1. The smallest absolute Gasteiger partial charge is 0.124 e. The molecule has 2 unspecified atom stereocenters. The van der Waals surface area contributed by atoms with Gasteiger partial charge in [-0.1, -0.05) is 25.1 Å². The third-order valence-electron chi connectivity index (χ3n) is 3.30. The summed E-state index contributed by atoms with van der Waals surface area (Å²) in [5.41, 5.74) is 3.14. The van der Waals surface area contributed by atoms with E-state index >= 15 is 0 Å². The van der Waals surface area contributed by atoms with E-state index in [-0.39, 0.29) is 0 Å². The van der Waals surface area contributed by atoms with Crippen molar-refractivity contribution in [3.63, 3.8) is 0 Å². The van der Waals surface area contributed by atoms with Gasteiger partial charge in [-0.15, -0.1) is 11.3 Å². The van der Waals surface area contributed by atoms with Gasteiger partial charge in [-0.25, -0.2) is 0 Å². The molecular weight excluding hydrogens is 244 g/mol. The van der Waals surface area contributed by atoms with Gasteiger partial charge in [-0.05, 0) is 6.07 Å². The molecule has 0 fully saturated rings. The Morgan fingerprint density at radius 2 is 2.33 bits per heavy atom. The highest BCUT2D eigenvalue weighted by Crippen LogP contribution is 2.35. The Kier molecular flexibility index (Phi) is 3.30. The van der Waals surface area contributed by atoms with E-state index in [2.05, 4.69) is 29.4 Å². The van der Waals surface area contributed by atoms with Gasteiger partial charge in [0.05, 0.1) is 12.1 Å². The van der Waals surface area contributed by atoms with Crippen molar-refractivity contribution in [2.75, 3.05) is 6.61 Å². The number of fused-ring (bicyclic) bond motifs is 1. The minimum absolute atomic E-state index is 0.358. The summed E-state index contributed by atoms with van der Waals surface area (Å²) in [5.74, 6) is 1.49. The fraction of sp³-hybridized carbons (Fsp3) is 0.357. The average Bonchev–Trinajstić information content (AvgIpc) is 2.91. The van der Waals surface area contributed by atoms with Crippen molar-refractivity contribution < 1.29 is 4.74 Å². The van der Waals surface area contributed by atoms with Crippen molar-refractivity contribution in [2.45, 2.75) is 19.5 Å². The third-order valence-corrected chi connectivity index (χ3v) is 4.08. The van der Waals surface area contributed by atoms with Crippen LogP contribution in [0.25, 0.3) is 0 Å². The molecule has 1 N–H and O–H groups in total. The Bertz CT molecular complexity index is 512. The summed E-state index contributed by atoms with van der Waals surface area (Å²) in [6.07, 6.45) is 1.92. The van der Waals surface area contributed by atoms with E-state index in [1.54, 1.807) is 11.3 Å². The lowest BCUT2D eigenvalue weighted by Crippen LogP contribution is -2.33.